The number of likely N-dealkylation sites (N-methyl/N-ethyl adjacent to an activating group) is 1. The summed E-state index contributed by atoms with van der Waals surface area (Å²) in [6.45, 7) is 1.62. The molecule has 0 aliphatic rings. The van der Waals surface area contributed by atoms with Gasteiger partial charge in [0.05, 0.1) is 16.3 Å². The molecule has 0 fully saturated rings. The highest BCUT2D eigenvalue weighted by Crippen LogP contribution is 2.22. The Kier molecular flexibility index (Phi) is 4.94. The average Bonchev–Trinajstić information content (AvgIpc) is 2.30. The summed E-state index contributed by atoms with van der Waals surface area (Å²) < 4.78 is 25.4. The molecule has 0 unspecified atom stereocenters. The van der Waals surface area contributed by atoms with Crippen LogP contribution in [0, 0.1) is 0 Å². The summed E-state index contributed by atoms with van der Waals surface area (Å²) in [5.74, 6) is 0. The molecule has 1 rings (SSSR count). The quantitative estimate of drug-likeness (QED) is 0.642. The van der Waals surface area contributed by atoms with E-state index in [2.05, 4.69) is 10.0 Å². The third kappa shape index (κ3) is 3.86. The number of nitrogens with two attached hydrogens (primary N) is 1. The van der Waals surface area contributed by atoms with Gasteiger partial charge in [0.2, 0.25) is 10.0 Å². The number of hydrogen-bond acceptors (Lipinski definition) is 5. The van der Waals surface area contributed by atoms with Crippen molar-refractivity contribution in [1.29, 1.82) is 0 Å². The maximum absolute atomic E-state index is 11.6. The van der Waals surface area contributed by atoms with Crippen LogP contribution >= 0.6 is 0 Å². The van der Waals surface area contributed by atoms with Gasteiger partial charge in [-0.2, -0.15) is 0 Å². The monoisotopic (exact) mass is 272 g/mol. The Morgan fingerprint density at radius 3 is 2.50 bits per heavy atom. The van der Waals surface area contributed by atoms with E-state index in [1.165, 1.54) is 19.2 Å². The molecule has 0 bridgehead atoms. The van der Waals surface area contributed by atoms with Crippen LogP contribution in [0.25, 0.3) is 0 Å². The van der Waals surface area contributed by atoms with E-state index < -0.39 is 10.0 Å². The minimum absolute atomic E-state index is 0.167. The molecule has 7 heteroatoms. The van der Waals surface area contributed by atoms with Gasteiger partial charge >= 0.3 is 0 Å². The van der Waals surface area contributed by atoms with Crippen LogP contribution < -0.4 is 15.8 Å². The largest absolute Gasteiger partial charge is 0.397 e. The van der Waals surface area contributed by atoms with Crippen LogP contribution in [0.4, 0.5) is 11.4 Å². The van der Waals surface area contributed by atoms with Crippen LogP contribution in [-0.2, 0) is 10.0 Å². The number of nitrogens with one attached hydrogen (secondary N) is 2. The first-order valence-corrected chi connectivity index (χ1v) is 7.07. The van der Waals surface area contributed by atoms with Crippen LogP contribution in [-0.4, -0.2) is 47.6 Å². The van der Waals surface area contributed by atoms with Gasteiger partial charge in [-0.3, -0.25) is 0 Å². The van der Waals surface area contributed by atoms with Crippen LogP contribution in [0.5, 0.6) is 0 Å². The Morgan fingerprint density at radius 1 is 1.33 bits per heavy atom. The van der Waals surface area contributed by atoms with E-state index in [1.807, 2.05) is 19.0 Å². The number of nitrogen functional groups attached to an aromatic ring is 1. The molecule has 1 aromatic carbocycles. The Bertz CT molecular complexity index is 500. The molecule has 0 atom stereocenters. The van der Waals surface area contributed by atoms with Gasteiger partial charge in [0.1, 0.15) is 0 Å². The maximum Gasteiger partial charge on any atom is 0.240 e. The van der Waals surface area contributed by atoms with Gasteiger partial charge in [-0.1, -0.05) is 0 Å². The predicted octanol–water partition coefficient (Wildman–Crippen LogP) is 0.150. The molecule has 0 aromatic heterocycles. The molecule has 0 saturated heterocycles. The molecule has 102 valence electrons. The van der Waals surface area contributed by atoms with Crippen molar-refractivity contribution < 1.29 is 8.42 Å². The molecule has 0 amide bonds. The van der Waals surface area contributed by atoms with E-state index in [1.54, 1.807) is 6.07 Å². The highest BCUT2D eigenvalue weighted by Gasteiger charge is 2.12. The van der Waals surface area contributed by atoms with E-state index in [0.717, 1.165) is 18.8 Å². The third-order valence-corrected chi connectivity index (χ3v) is 3.89. The standard InChI is InChI=1S/C11H20N4O2S/c1-13-18(16,17)9-4-5-11(10(12)8-9)14-6-7-15(2)3/h4-5,8,13-14H,6-7,12H2,1-3H3. The summed E-state index contributed by atoms with van der Waals surface area (Å²) >= 11 is 0. The van der Waals surface area contributed by atoms with E-state index in [-0.39, 0.29) is 4.90 Å². The van der Waals surface area contributed by atoms with Crippen LogP contribution in [0.3, 0.4) is 0 Å². The average molecular weight is 272 g/mol. The van der Waals surface area contributed by atoms with Crippen molar-refractivity contribution in [3.8, 4) is 0 Å². The fraction of sp³-hybridized carbons (Fsp3) is 0.455. The number of hydrogen-bond donors (Lipinski definition) is 3. The molecule has 6 nitrogen and oxygen atoms in total. The van der Waals surface area contributed by atoms with Crippen LogP contribution in [0.15, 0.2) is 23.1 Å². The van der Waals surface area contributed by atoms with Gasteiger partial charge < -0.3 is 16.0 Å². The fourth-order valence-corrected chi connectivity index (χ4v) is 2.17. The topological polar surface area (TPSA) is 87.5 Å². The van der Waals surface area contributed by atoms with E-state index in [9.17, 15) is 8.42 Å². The van der Waals surface area contributed by atoms with Gasteiger partial charge in [-0.15, -0.1) is 0 Å². The van der Waals surface area contributed by atoms with Crippen molar-refractivity contribution in [2.75, 3.05) is 45.3 Å². The highest BCUT2D eigenvalue weighted by atomic mass is 32.2. The van der Waals surface area contributed by atoms with Gasteiger partial charge in [0.25, 0.3) is 0 Å². The summed E-state index contributed by atoms with van der Waals surface area (Å²) in [7, 11) is 1.89. The number of nitrogens with zero attached hydrogens (tertiary/aromatic N) is 1. The first-order chi connectivity index (χ1) is 8.36. The molecular formula is C11H20N4O2S. The zero-order chi connectivity index (χ0) is 13.8. The fourth-order valence-electron chi connectivity index (χ4n) is 1.40. The van der Waals surface area contributed by atoms with E-state index in [0.29, 0.717) is 5.69 Å². The lowest BCUT2D eigenvalue weighted by Gasteiger charge is -2.13. The normalized spacial score (nSPS) is 11.8. The Labute approximate surface area is 108 Å². The molecule has 0 spiro atoms. The second-order valence-electron chi connectivity index (χ2n) is 4.19. The first kappa shape index (κ1) is 14.7. The van der Waals surface area contributed by atoms with E-state index >= 15 is 0 Å². The molecule has 0 aliphatic carbocycles. The van der Waals surface area contributed by atoms with Crippen LogP contribution in [0.2, 0.25) is 0 Å². The number of anilines is 2. The predicted molar refractivity (Wildman–Crippen MR) is 74.1 cm³/mol. The SMILES string of the molecule is CNS(=O)(=O)c1ccc(NCCN(C)C)c(N)c1. The Hall–Kier alpha value is -1.31. The second-order valence-corrected chi connectivity index (χ2v) is 6.07. The maximum atomic E-state index is 11.6. The van der Waals surface area contributed by atoms with Crippen molar-refractivity contribution >= 4 is 21.4 Å². The highest BCUT2D eigenvalue weighted by molar-refractivity contribution is 7.89. The third-order valence-electron chi connectivity index (χ3n) is 2.48. The van der Waals surface area contributed by atoms with Crippen molar-refractivity contribution in [2.24, 2.45) is 0 Å². The summed E-state index contributed by atoms with van der Waals surface area (Å²) in [6, 6.07) is 4.65. The lowest BCUT2D eigenvalue weighted by molar-refractivity contribution is 0.425. The molecule has 1 aromatic rings. The summed E-state index contributed by atoms with van der Waals surface area (Å²) in [5.41, 5.74) is 6.99. The van der Waals surface area contributed by atoms with Gasteiger partial charge in [-0.05, 0) is 39.3 Å². The number of rotatable bonds is 6. The van der Waals surface area contributed by atoms with E-state index in [4.69, 9.17) is 5.73 Å². The smallest absolute Gasteiger partial charge is 0.240 e. The molecule has 0 saturated carbocycles. The lowest BCUT2D eigenvalue weighted by Crippen LogP contribution is -2.21. The Morgan fingerprint density at radius 2 is 2.00 bits per heavy atom. The van der Waals surface area contributed by atoms with Gasteiger partial charge in [-0.25, -0.2) is 13.1 Å². The van der Waals surface area contributed by atoms with Crippen molar-refractivity contribution in [3.63, 3.8) is 0 Å². The lowest BCUT2D eigenvalue weighted by atomic mass is 10.2. The summed E-state index contributed by atoms with van der Waals surface area (Å²) in [4.78, 5) is 2.21. The van der Waals surface area contributed by atoms with Crippen molar-refractivity contribution in [2.45, 2.75) is 4.90 Å². The minimum Gasteiger partial charge on any atom is -0.397 e. The molecular weight excluding hydrogens is 252 g/mol. The van der Waals surface area contributed by atoms with Gasteiger partial charge in [0.15, 0.2) is 0 Å². The summed E-state index contributed by atoms with van der Waals surface area (Å²) in [6.07, 6.45) is 0. The molecule has 18 heavy (non-hydrogen) atoms. The molecule has 4 N–H and O–H groups in total. The molecule has 0 aliphatic heterocycles. The Balaban J connectivity index is 2.81. The van der Waals surface area contributed by atoms with Crippen LogP contribution in [0.1, 0.15) is 0 Å². The zero-order valence-electron chi connectivity index (χ0n) is 10.9. The first-order valence-electron chi connectivity index (χ1n) is 5.58. The number of benzene rings is 1. The minimum atomic E-state index is -3.44. The van der Waals surface area contributed by atoms with Gasteiger partial charge in [0, 0.05) is 13.1 Å². The zero-order valence-corrected chi connectivity index (χ0v) is 11.7. The molecule has 0 heterocycles. The molecule has 0 radical (unpaired) electrons. The summed E-state index contributed by atoms with van der Waals surface area (Å²) in [5, 5.41) is 3.16. The second kappa shape index (κ2) is 6.03. The van der Waals surface area contributed by atoms with Crippen molar-refractivity contribution in [1.82, 2.24) is 9.62 Å². The number of sulfonamides is 1. The van der Waals surface area contributed by atoms with Crippen molar-refractivity contribution in [3.05, 3.63) is 18.2 Å².